The minimum Gasteiger partial charge on any atom is -0.502 e. The average molecular weight is 491 g/mol. The molecule has 10 nitrogen and oxygen atoms in total. The van der Waals surface area contributed by atoms with Crippen LogP contribution >= 0.6 is 0 Å². The van der Waals surface area contributed by atoms with E-state index in [2.05, 4.69) is 10.1 Å². The summed E-state index contributed by atoms with van der Waals surface area (Å²) in [4.78, 5) is 30.7. The zero-order chi connectivity index (χ0) is 25.3. The number of aromatic hydroxyl groups is 1. The number of hydrogen-bond donors (Lipinski definition) is 1. The standard InChI is InChI=1S/C22H20F3N5O5/c1-13(20-26-19(27-35-20)14-3-2-4-16(11-14)22(23,24)25)28-7-9-29(10-8-28)21(32)15-5-6-17(30(33)34)18(31)12-15/h2-6,11-13,31H,7-10H2,1H3. The van der Waals surface area contributed by atoms with Crippen LogP contribution in [0.5, 0.6) is 5.75 Å². The molecule has 2 aromatic carbocycles. The van der Waals surface area contributed by atoms with Crippen molar-refractivity contribution in [2.45, 2.75) is 19.1 Å². The molecule has 13 heteroatoms. The third-order valence-electron chi connectivity index (χ3n) is 5.82. The number of nitro benzene ring substituents is 1. The number of hydrogen-bond acceptors (Lipinski definition) is 8. The topological polar surface area (TPSA) is 126 Å². The van der Waals surface area contributed by atoms with Gasteiger partial charge in [0.05, 0.1) is 16.5 Å². The van der Waals surface area contributed by atoms with Crippen LogP contribution in [-0.2, 0) is 6.18 Å². The summed E-state index contributed by atoms with van der Waals surface area (Å²) < 4.78 is 44.3. The van der Waals surface area contributed by atoms with Crippen LogP contribution in [0.1, 0.15) is 34.8 Å². The number of rotatable bonds is 5. The van der Waals surface area contributed by atoms with Gasteiger partial charge in [-0.3, -0.25) is 19.8 Å². The summed E-state index contributed by atoms with van der Waals surface area (Å²) >= 11 is 0. The van der Waals surface area contributed by atoms with Crippen molar-refractivity contribution in [3.8, 4) is 17.1 Å². The van der Waals surface area contributed by atoms with Crippen LogP contribution in [0, 0.1) is 10.1 Å². The van der Waals surface area contributed by atoms with Gasteiger partial charge in [0, 0.05) is 43.4 Å². The Morgan fingerprint density at radius 3 is 2.51 bits per heavy atom. The van der Waals surface area contributed by atoms with Gasteiger partial charge in [0.2, 0.25) is 11.7 Å². The Kier molecular flexibility index (Phi) is 6.43. The minimum atomic E-state index is -4.49. The zero-order valence-electron chi connectivity index (χ0n) is 18.4. The van der Waals surface area contributed by atoms with Gasteiger partial charge < -0.3 is 14.5 Å². The number of amides is 1. The van der Waals surface area contributed by atoms with Gasteiger partial charge in [0.25, 0.3) is 5.91 Å². The first-order valence-electron chi connectivity index (χ1n) is 10.6. The normalized spacial score (nSPS) is 15.7. The zero-order valence-corrected chi connectivity index (χ0v) is 18.4. The van der Waals surface area contributed by atoms with E-state index < -0.39 is 28.1 Å². The molecule has 1 fully saturated rings. The van der Waals surface area contributed by atoms with Gasteiger partial charge in [0.1, 0.15) is 0 Å². The molecule has 1 aliphatic heterocycles. The number of halogens is 3. The van der Waals surface area contributed by atoms with Crippen LogP contribution < -0.4 is 0 Å². The van der Waals surface area contributed by atoms with Crippen LogP contribution in [0.15, 0.2) is 47.0 Å². The minimum absolute atomic E-state index is 0.0461. The monoisotopic (exact) mass is 491 g/mol. The highest BCUT2D eigenvalue weighted by Crippen LogP contribution is 2.32. The van der Waals surface area contributed by atoms with E-state index in [0.29, 0.717) is 26.2 Å². The smallest absolute Gasteiger partial charge is 0.416 e. The van der Waals surface area contributed by atoms with E-state index in [1.807, 2.05) is 11.8 Å². The molecule has 1 unspecified atom stereocenters. The molecule has 1 aliphatic rings. The quantitative estimate of drug-likeness (QED) is 0.421. The molecule has 1 N–H and O–H groups in total. The number of carbonyl (C=O) groups is 1. The number of alkyl halides is 3. The van der Waals surface area contributed by atoms with E-state index in [1.54, 1.807) is 4.90 Å². The summed E-state index contributed by atoms with van der Waals surface area (Å²) in [7, 11) is 0. The molecule has 0 bridgehead atoms. The second-order valence-corrected chi connectivity index (χ2v) is 8.00. The number of benzene rings is 2. The molecule has 1 atom stereocenters. The molecule has 35 heavy (non-hydrogen) atoms. The molecule has 4 rings (SSSR count). The molecule has 1 saturated heterocycles. The lowest BCUT2D eigenvalue weighted by atomic mass is 10.1. The number of nitro groups is 1. The summed E-state index contributed by atoms with van der Waals surface area (Å²) in [6.45, 7) is 3.40. The maximum atomic E-state index is 13.0. The van der Waals surface area contributed by atoms with Crippen molar-refractivity contribution in [3.63, 3.8) is 0 Å². The van der Waals surface area contributed by atoms with E-state index in [1.165, 1.54) is 18.2 Å². The molecule has 0 spiro atoms. The SMILES string of the molecule is CC(c1nc(-c2cccc(C(F)(F)F)c2)no1)N1CCN(C(=O)c2ccc([N+](=O)[O-])c(O)c2)CC1. The molecule has 184 valence electrons. The third kappa shape index (κ3) is 5.09. The Labute approximate surface area is 196 Å². The lowest BCUT2D eigenvalue weighted by Crippen LogP contribution is -2.49. The number of carbonyl (C=O) groups excluding carboxylic acids is 1. The molecule has 2 heterocycles. The number of phenolic OH excluding ortho intramolecular Hbond substituents is 1. The predicted molar refractivity (Wildman–Crippen MR) is 115 cm³/mol. The number of aromatic nitrogens is 2. The molecule has 1 amide bonds. The van der Waals surface area contributed by atoms with Gasteiger partial charge in [-0.25, -0.2) is 0 Å². The van der Waals surface area contributed by atoms with Crippen LogP contribution in [0.4, 0.5) is 18.9 Å². The van der Waals surface area contributed by atoms with Crippen molar-refractivity contribution in [1.29, 1.82) is 0 Å². The van der Waals surface area contributed by atoms with Crippen molar-refractivity contribution in [1.82, 2.24) is 19.9 Å². The maximum absolute atomic E-state index is 13.0. The molecule has 0 aliphatic carbocycles. The van der Waals surface area contributed by atoms with Gasteiger partial charge >= 0.3 is 11.9 Å². The number of nitrogens with zero attached hydrogens (tertiary/aromatic N) is 5. The predicted octanol–water partition coefficient (Wildman–Crippen LogP) is 3.89. The van der Waals surface area contributed by atoms with Gasteiger partial charge in [-0.2, -0.15) is 18.2 Å². The van der Waals surface area contributed by atoms with Crippen LogP contribution in [0.2, 0.25) is 0 Å². The van der Waals surface area contributed by atoms with Gasteiger partial charge in [0.15, 0.2) is 5.75 Å². The second kappa shape index (κ2) is 9.33. The highest BCUT2D eigenvalue weighted by atomic mass is 19.4. The summed E-state index contributed by atoms with van der Waals surface area (Å²) in [5.74, 6) is -0.671. The highest BCUT2D eigenvalue weighted by molar-refractivity contribution is 5.95. The first-order chi connectivity index (χ1) is 16.5. The lowest BCUT2D eigenvalue weighted by molar-refractivity contribution is -0.385. The third-order valence-corrected chi connectivity index (χ3v) is 5.82. The van der Waals surface area contributed by atoms with Gasteiger partial charge in [-0.15, -0.1) is 0 Å². The van der Waals surface area contributed by atoms with Crippen molar-refractivity contribution >= 4 is 11.6 Å². The molecule has 0 saturated carbocycles. The van der Waals surface area contributed by atoms with Crippen molar-refractivity contribution in [2.24, 2.45) is 0 Å². The Hall–Kier alpha value is -4.00. The Morgan fingerprint density at radius 1 is 1.17 bits per heavy atom. The van der Waals surface area contributed by atoms with E-state index in [4.69, 9.17) is 4.52 Å². The van der Waals surface area contributed by atoms with E-state index in [9.17, 15) is 33.2 Å². The first kappa shape index (κ1) is 24.1. The van der Waals surface area contributed by atoms with Gasteiger partial charge in [-0.1, -0.05) is 17.3 Å². The summed E-state index contributed by atoms with van der Waals surface area (Å²) in [6.07, 6.45) is -4.49. The molecule has 3 aromatic rings. The molecular weight excluding hydrogens is 471 g/mol. The summed E-state index contributed by atoms with van der Waals surface area (Å²) in [6, 6.07) is 7.77. The summed E-state index contributed by atoms with van der Waals surface area (Å²) in [5.41, 5.74) is -0.971. The second-order valence-electron chi connectivity index (χ2n) is 8.00. The van der Waals surface area contributed by atoms with Gasteiger partial charge in [-0.05, 0) is 31.2 Å². The Morgan fingerprint density at radius 2 is 1.89 bits per heavy atom. The summed E-state index contributed by atoms with van der Waals surface area (Å²) in [5, 5.41) is 24.4. The fourth-order valence-corrected chi connectivity index (χ4v) is 3.82. The van der Waals surface area contributed by atoms with Crippen LogP contribution in [0.25, 0.3) is 11.4 Å². The Balaban J connectivity index is 1.40. The fourth-order valence-electron chi connectivity index (χ4n) is 3.82. The highest BCUT2D eigenvalue weighted by Gasteiger charge is 2.32. The lowest BCUT2D eigenvalue weighted by Gasteiger charge is -2.36. The van der Waals surface area contributed by atoms with Crippen molar-refractivity contribution in [2.75, 3.05) is 26.2 Å². The van der Waals surface area contributed by atoms with Crippen molar-refractivity contribution in [3.05, 3.63) is 69.6 Å². The first-order valence-corrected chi connectivity index (χ1v) is 10.6. The molecule has 0 radical (unpaired) electrons. The largest absolute Gasteiger partial charge is 0.502 e. The van der Waals surface area contributed by atoms with Crippen LogP contribution in [-0.4, -0.2) is 62.1 Å². The number of phenols is 1. The van der Waals surface area contributed by atoms with Crippen LogP contribution in [0.3, 0.4) is 0 Å². The van der Waals surface area contributed by atoms with Crippen molar-refractivity contribution < 1.29 is 32.5 Å². The fraction of sp³-hybridized carbons (Fsp3) is 0.318. The number of piperazine rings is 1. The molecular formula is C22H20F3N5O5. The molecule has 1 aromatic heterocycles. The van der Waals surface area contributed by atoms with E-state index in [-0.39, 0.29) is 34.8 Å². The van der Waals surface area contributed by atoms with E-state index in [0.717, 1.165) is 24.3 Å². The maximum Gasteiger partial charge on any atom is 0.416 e. The Bertz CT molecular complexity index is 1250. The average Bonchev–Trinajstić information content (AvgIpc) is 3.33. The van der Waals surface area contributed by atoms with E-state index >= 15 is 0 Å².